The molecule has 0 aromatic heterocycles. The van der Waals surface area contributed by atoms with Crippen LogP contribution in [0.3, 0.4) is 0 Å². The molecule has 0 saturated heterocycles. The summed E-state index contributed by atoms with van der Waals surface area (Å²) in [5.41, 5.74) is 2.14. The molecule has 2 rings (SSSR count). The van der Waals surface area contributed by atoms with Gasteiger partial charge >= 0.3 is 0 Å². The fourth-order valence-corrected chi connectivity index (χ4v) is 2.58. The summed E-state index contributed by atoms with van der Waals surface area (Å²) in [6.07, 6.45) is 2.15. The number of halogens is 1. The monoisotopic (exact) mass is 309 g/mol. The van der Waals surface area contributed by atoms with E-state index in [9.17, 15) is 4.79 Å². The zero-order chi connectivity index (χ0) is 13.4. The first-order valence-electron chi connectivity index (χ1n) is 6.35. The summed E-state index contributed by atoms with van der Waals surface area (Å²) in [5, 5.41) is 3.94. The molecule has 1 aromatic rings. The SMILES string of the molecule is CC(C)(C)c1ccc(C(=O)NC2(CBr)CC2)cc1. The van der Waals surface area contributed by atoms with Crippen molar-refractivity contribution < 1.29 is 4.79 Å². The number of hydrogen-bond donors (Lipinski definition) is 1. The molecule has 0 heterocycles. The van der Waals surface area contributed by atoms with Crippen LogP contribution in [0.2, 0.25) is 0 Å². The van der Waals surface area contributed by atoms with Crippen molar-refractivity contribution in [2.75, 3.05) is 5.33 Å². The Morgan fingerprint density at radius 2 is 1.83 bits per heavy atom. The van der Waals surface area contributed by atoms with Gasteiger partial charge in [0.05, 0.1) is 5.54 Å². The molecule has 3 heteroatoms. The maximum atomic E-state index is 12.1. The topological polar surface area (TPSA) is 29.1 Å². The molecule has 1 amide bonds. The Labute approximate surface area is 117 Å². The third kappa shape index (κ3) is 2.94. The van der Waals surface area contributed by atoms with E-state index in [1.54, 1.807) is 0 Å². The molecular weight excluding hydrogens is 290 g/mol. The molecule has 0 radical (unpaired) electrons. The normalized spacial score (nSPS) is 17.3. The molecule has 1 aromatic carbocycles. The second kappa shape index (κ2) is 4.69. The van der Waals surface area contributed by atoms with Crippen LogP contribution in [0.4, 0.5) is 0 Å². The highest BCUT2D eigenvalue weighted by atomic mass is 79.9. The lowest BCUT2D eigenvalue weighted by molar-refractivity contribution is 0.0936. The summed E-state index contributed by atoms with van der Waals surface area (Å²) in [4.78, 5) is 12.1. The van der Waals surface area contributed by atoms with Gasteiger partial charge in [-0.1, -0.05) is 48.8 Å². The Balaban J connectivity index is 2.08. The Morgan fingerprint density at radius 1 is 1.28 bits per heavy atom. The van der Waals surface area contributed by atoms with E-state index in [2.05, 4.69) is 42.0 Å². The molecule has 0 atom stereocenters. The van der Waals surface area contributed by atoms with Crippen molar-refractivity contribution in [1.29, 1.82) is 0 Å². The van der Waals surface area contributed by atoms with Gasteiger partial charge in [0.25, 0.3) is 5.91 Å². The summed E-state index contributed by atoms with van der Waals surface area (Å²) in [6.45, 7) is 6.52. The molecule has 18 heavy (non-hydrogen) atoms. The molecule has 0 unspecified atom stereocenters. The highest BCUT2D eigenvalue weighted by molar-refractivity contribution is 9.09. The third-order valence-electron chi connectivity index (χ3n) is 3.50. The molecule has 1 saturated carbocycles. The van der Waals surface area contributed by atoms with Gasteiger partial charge in [-0.2, -0.15) is 0 Å². The first-order chi connectivity index (χ1) is 8.36. The second-order valence-corrected chi connectivity index (χ2v) is 6.76. The fourth-order valence-electron chi connectivity index (χ4n) is 1.88. The van der Waals surface area contributed by atoms with Crippen molar-refractivity contribution >= 4 is 21.8 Å². The molecule has 0 bridgehead atoms. The number of carbonyl (C=O) groups is 1. The molecule has 1 N–H and O–H groups in total. The van der Waals surface area contributed by atoms with E-state index in [4.69, 9.17) is 0 Å². The fraction of sp³-hybridized carbons (Fsp3) is 0.533. The van der Waals surface area contributed by atoms with Gasteiger partial charge in [0, 0.05) is 10.9 Å². The minimum Gasteiger partial charge on any atom is -0.346 e. The number of alkyl halides is 1. The number of nitrogens with one attached hydrogen (secondary N) is 1. The summed E-state index contributed by atoms with van der Waals surface area (Å²) in [6, 6.07) is 7.92. The van der Waals surface area contributed by atoms with E-state index in [-0.39, 0.29) is 16.9 Å². The third-order valence-corrected chi connectivity index (χ3v) is 4.57. The van der Waals surface area contributed by atoms with E-state index in [0.717, 1.165) is 23.7 Å². The Kier molecular flexibility index (Phi) is 3.54. The zero-order valence-electron chi connectivity index (χ0n) is 11.2. The second-order valence-electron chi connectivity index (χ2n) is 6.20. The Morgan fingerprint density at radius 3 is 2.22 bits per heavy atom. The van der Waals surface area contributed by atoms with Crippen LogP contribution < -0.4 is 5.32 Å². The van der Waals surface area contributed by atoms with Gasteiger partial charge in [0.15, 0.2) is 0 Å². The standard InChI is InChI=1S/C15H20BrNO/c1-14(2,3)12-6-4-11(5-7-12)13(18)17-15(10-16)8-9-15/h4-7H,8-10H2,1-3H3,(H,17,18). The maximum absolute atomic E-state index is 12.1. The summed E-state index contributed by atoms with van der Waals surface area (Å²) >= 11 is 3.46. The maximum Gasteiger partial charge on any atom is 0.251 e. The van der Waals surface area contributed by atoms with E-state index >= 15 is 0 Å². The predicted octanol–water partition coefficient (Wildman–Crippen LogP) is 3.64. The van der Waals surface area contributed by atoms with Gasteiger partial charge < -0.3 is 5.32 Å². The molecule has 1 fully saturated rings. The van der Waals surface area contributed by atoms with E-state index in [1.165, 1.54) is 5.56 Å². The van der Waals surface area contributed by atoms with Gasteiger partial charge in [-0.3, -0.25) is 4.79 Å². The lowest BCUT2D eigenvalue weighted by Crippen LogP contribution is -2.38. The lowest BCUT2D eigenvalue weighted by Gasteiger charge is -2.19. The van der Waals surface area contributed by atoms with Crippen molar-refractivity contribution in [1.82, 2.24) is 5.32 Å². The van der Waals surface area contributed by atoms with Gasteiger partial charge in [0.1, 0.15) is 0 Å². The van der Waals surface area contributed by atoms with Crippen molar-refractivity contribution in [2.45, 2.75) is 44.6 Å². The smallest absolute Gasteiger partial charge is 0.251 e. The quantitative estimate of drug-likeness (QED) is 0.849. The van der Waals surface area contributed by atoms with Crippen LogP contribution in [0.5, 0.6) is 0 Å². The highest BCUT2D eigenvalue weighted by Gasteiger charge is 2.42. The number of hydrogen-bond acceptors (Lipinski definition) is 1. The highest BCUT2D eigenvalue weighted by Crippen LogP contribution is 2.37. The van der Waals surface area contributed by atoms with Crippen molar-refractivity contribution in [3.8, 4) is 0 Å². The predicted molar refractivity (Wildman–Crippen MR) is 78.4 cm³/mol. The van der Waals surface area contributed by atoms with E-state index < -0.39 is 0 Å². The molecule has 1 aliphatic rings. The van der Waals surface area contributed by atoms with Crippen LogP contribution >= 0.6 is 15.9 Å². The zero-order valence-corrected chi connectivity index (χ0v) is 12.8. The molecule has 2 nitrogen and oxygen atoms in total. The summed E-state index contributed by atoms with van der Waals surface area (Å²) in [5.74, 6) is 0.0346. The minimum absolute atomic E-state index is 0.0137. The number of carbonyl (C=O) groups excluding carboxylic acids is 1. The van der Waals surface area contributed by atoms with Crippen molar-refractivity contribution in [3.05, 3.63) is 35.4 Å². The lowest BCUT2D eigenvalue weighted by atomic mass is 9.86. The average molecular weight is 310 g/mol. The van der Waals surface area contributed by atoms with Gasteiger partial charge in [-0.25, -0.2) is 0 Å². The van der Waals surface area contributed by atoms with Crippen LogP contribution in [0.1, 0.15) is 49.5 Å². The first-order valence-corrected chi connectivity index (χ1v) is 7.47. The van der Waals surface area contributed by atoms with E-state index in [0.29, 0.717) is 0 Å². The first kappa shape index (κ1) is 13.6. The van der Waals surface area contributed by atoms with Gasteiger partial charge in [-0.05, 0) is 36.0 Å². The summed E-state index contributed by atoms with van der Waals surface area (Å²) < 4.78 is 0. The average Bonchev–Trinajstić information content (AvgIpc) is 3.08. The van der Waals surface area contributed by atoms with E-state index in [1.807, 2.05) is 24.3 Å². The molecule has 98 valence electrons. The van der Waals surface area contributed by atoms with Crippen LogP contribution in [0.15, 0.2) is 24.3 Å². The summed E-state index contributed by atoms with van der Waals surface area (Å²) in [7, 11) is 0. The van der Waals surface area contributed by atoms with Crippen LogP contribution in [0, 0.1) is 0 Å². The van der Waals surface area contributed by atoms with Gasteiger partial charge in [0.2, 0.25) is 0 Å². The molecule has 0 spiro atoms. The number of benzene rings is 1. The van der Waals surface area contributed by atoms with Crippen molar-refractivity contribution in [2.24, 2.45) is 0 Å². The Bertz CT molecular complexity index is 441. The molecular formula is C15H20BrNO. The minimum atomic E-state index is 0.0137. The molecule has 0 aliphatic heterocycles. The van der Waals surface area contributed by atoms with Crippen LogP contribution in [-0.2, 0) is 5.41 Å². The molecule has 1 aliphatic carbocycles. The number of rotatable bonds is 3. The number of amides is 1. The Hall–Kier alpha value is -0.830. The van der Waals surface area contributed by atoms with Crippen LogP contribution in [-0.4, -0.2) is 16.8 Å². The van der Waals surface area contributed by atoms with Gasteiger partial charge in [-0.15, -0.1) is 0 Å². The largest absolute Gasteiger partial charge is 0.346 e. The van der Waals surface area contributed by atoms with Crippen LogP contribution in [0.25, 0.3) is 0 Å². The van der Waals surface area contributed by atoms with Crippen molar-refractivity contribution in [3.63, 3.8) is 0 Å².